The summed E-state index contributed by atoms with van der Waals surface area (Å²) in [7, 11) is 0. The molecule has 1 aliphatic rings. The van der Waals surface area contributed by atoms with Crippen LogP contribution in [0.15, 0.2) is 24.3 Å². The van der Waals surface area contributed by atoms with Gasteiger partial charge < -0.3 is 15.2 Å². The van der Waals surface area contributed by atoms with Crippen molar-refractivity contribution >= 4 is 11.6 Å². The molecular weight excluding hydrogens is 158 g/mol. The van der Waals surface area contributed by atoms with Gasteiger partial charge in [-0.2, -0.15) is 0 Å². The van der Waals surface area contributed by atoms with Crippen molar-refractivity contribution in [2.24, 2.45) is 0 Å². The van der Waals surface area contributed by atoms with E-state index in [0.29, 0.717) is 11.4 Å². The average molecular weight is 165 g/mol. The fourth-order valence-electron chi connectivity index (χ4n) is 1.04. The van der Waals surface area contributed by atoms with E-state index in [1.165, 1.54) is 0 Å². The van der Waals surface area contributed by atoms with Crippen molar-refractivity contribution in [1.29, 1.82) is 0 Å². The lowest BCUT2D eigenvalue weighted by molar-refractivity contribution is -0.139. The normalized spacial score (nSPS) is 20.8. The molecule has 12 heavy (non-hydrogen) atoms. The summed E-state index contributed by atoms with van der Waals surface area (Å²) in [6, 6.07) is 6.93. The number of hydrogen-bond donors (Lipinski definition) is 2. The molecule has 62 valence electrons. The molecule has 0 saturated heterocycles. The van der Waals surface area contributed by atoms with E-state index in [1.807, 2.05) is 0 Å². The first-order chi connectivity index (χ1) is 5.77. The number of benzene rings is 1. The summed E-state index contributed by atoms with van der Waals surface area (Å²) in [5.74, 6) is -0.0432. The largest absolute Gasteiger partial charge is 0.453 e. The van der Waals surface area contributed by atoms with E-state index < -0.39 is 12.2 Å². The van der Waals surface area contributed by atoms with Gasteiger partial charge in [0.1, 0.15) is 5.75 Å². The summed E-state index contributed by atoms with van der Waals surface area (Å²) in [5.41, 5.74) is 0.591. The minimum absolute atomic E-state index is 0.490. The highest BCUT2D eigenvalue weighted by Crippen LogP contribution is 2.27. The standard InChI is InChI=1S/C8H7NO3/c10-7-8(11)12-6-4-2-1-3-5(6)9-7/h1-4,8,11H,(H,9,10)/t8-/m0/s1. The van der Waals surface area contributed by atoms with Gasteiger partial charge in [-0.25, -0.2) is 0 Å². The summed E-state index contributed by atoms with van der Waals surface area (Å²) < 4.78 is 4.89. The third-order valence-electron chi connectivity index (χ3n) is 1.61. The first kappa shape index (κ1) is 7.12. The van der Waals surface area contributed by atoms with Crippen LogP contribution < -0.4 is 10.1 Å². The van der Waals surface area contributed by atoms with Gasteiger partial charge >= 0.3 is 0 Å². The molecule has 1 aliphatic heterocycles. The van der Waals surface area contributed by atoms with Crippen LogP contribution in [0.2, 0.25) is 0 Å². The van der Waals surface area contributed by atoms with Crippen LogP contribution in [0.5, 0.6) is 5.75 Å². The summed E-state index contributed by atoms with van der Waals surface area (Å²) in [6.45, 7) is 0. The van der Waals surface area contributed by atoms with Gasteiger partial charge in [-0.1, -0.05) is 12.1 Å². The molecule has 4 nitrogen and oxygen atoms in total. The number of aliphatic hydroxyl groups excluding tert-OH is 1. The monoisotopic (exact) mass is 165 g/mol. The zero-order chi connectivity index (χ0) is 8.55. The van der Waals surface area contributed by atoms with Gasteiger partial charge in [-0.3, -0.25) is 4.79 Å². The lowest BCUT2D eigenvalue weighted by Crippen LogP contribution is -2.36. The number of anilines is 1. The van der Waals surface area contributed by atoms with E-state index in [0.717, 1.165) is 0 Å². The highest BCUT2D eigenvalue weighted by molar-refractivity contribution is 5.96. The van der Waals surface area contributed by atoms with E-state index in [9.17, 15) is 4.79 Å². The molecule has 1 atom stereocenters. The second kappa shape index (κ2) is 2.49. The number of para-hydroxylation sites is 2. The second-order valence-corrected chi connectivity index (χ2v) is 2.46. The highest BCUT2D eigenvalue weighted by atomic mass is 16.6. The van der Waals surface area contributed by atoms with E-state index >= 15 is 0 Å². The molecule has 1 amide bonds. The number of aliphatic hydroxyl groups is 1. The molecule has 1 aromatic rings. The molecule has 2 rings (SSSR count). The smallest absolute Gasteiger partial charge is 0.293 e. The summed E-state index contributed by atoms with van der Waals surface area (Å²) in [5, 5.41) is 11.5. The van der Waals surface area contributed by atoms with Crippen LogP contribution in [0.1, 0.15) is 0 Å². The molecule has 0 saturated carbocycles. The molecule has 0 spiro atoms. The van der Waals surface area contributed by atoms with Gasteiger partial charge in [-0.05, 0) is 12.1 Å². The first-order valence-electron chi connectivity index (χ1n) is 3.52. The number of carbonyl (C=O) groups excluding carboxylic acids is 1. The minimum Gasteiger partial charge on any atom is -0.453 e. The second-order valence-electron chi connectivity index (χ2n) is 2.46. The molecule has 0 unspecified atom stereocenters. The Morgan fingerprint density at radius 1 is 1.42 bits per heavy atom. The summed E-state index contributed by atoms with van der Waals surface area (Å²) >= 11 is 0. The fourth-order valence-corrected chi connectivity index (χ4v) is 1.04. The number of carbonyl (C=O) groups is 1. The first-order valence-corrected chi connectivity index (χ1v) is 3.52. The van der Waals surface area contributed by atoms with Crippen LogP contribution in [-0.4, -0.2) is 17.3 Å². The number of hydrogen-bond acceptors (Lipinski definition) is 3. The lowest BCUT2D eigenvalue weighted by atomic mass is 10.2. The molecule has 1 aromatic carbocycles. The number of fused-ring (bicyclic) bond motifs is 1. The van der Waals surface area contributed by atoms with Crippen LogP contribution in [0.4, 0.5) is 5.69 Å². The van der Waals surface area contributed by atoms with Crippen molar-refractivity contribution in [3.05, 3.63) is 24.3 Å². The van der Waals surface area contributed by atoms with Crippen molar-refractivity contribution in [3.8, 4) is 5.75 Å². The van der Waals surface area contributed by atoms with Crippen LogP contribution in [0.25, 0.3) is 0 Å². The number of nitrogens with one attached hydrogen (secondary N) is 1. The Balaban J connectivity index is 2.40. The molecule has 0 radical (unpaired) electrons. The van der Waals surface area contributed by atoms with Crippen LogP contribution in [0.3, 0.4) is 0 Å². The molecule has 1 heterocycles. The molecule has 0 fully saturated rings. The van der Waals surface area contributed by atoms with Gasteiger partial charge in [0.05, 0.1) is 5.69 Å². The topological polar surface area (TPSA) is 58.6 Å². The Morgan fingerprint density at radius 3 is 3.00 bits per heavy atom. The Bertz CT molecular complexity index is 324. The van der Waals surface area contributed by atoms with E-state index in [1.54, 1.807) is 24.3 Å². The Labute approximate surface area is 68.8 Å². The third kappa shape index (κ3) is 1.02. The fraction of sp³-hybridized carbons (Fsp3) is 0.125. The van der Waals surface area contributed by atoms with Crippen molar-refractivity contribution in [2.75, 3.05) is 5.32 Å². The van der Waals surface area contributed by atoms with Gasteiger partial charge in [0.2, 0.25) is 0 Å². The SMILES string of the molecule is O=C1Nc2ccccc2O[C@@H]1O. The highest BCUT2D eigenvalue weighted by Gasteiger charge is 2.24. The number of amides is 1. The van der Waals surface area contributed by atoms with Gasteiger partial charge in [-0.15, -0.1) is 0 Å². The van der Waals surface area contributed by atoms with Crippen LogP contribution in [0, 0.1) is 0 Å². The van der Waals surface area contributed by atoms with E-state index in [4.69, 9.17) is 9.84 Å². The predicted octanol–water partition coefficient (Wildman–Crippen LogP) is 0.336. The molecule has 0 aromatic heterocycles. The van der Waals surface area contributed by atoms with E-state index in [2.05, 4.69) is 5.32 Å². The third-order valence-corrected chi connectivity index (χ3v) is 1.61. The van der Waals surface area contributed by atoms with Gasteiger partial charge in [0.15, 0.2) is 0 Å². The molecule has 0 bridgehead atoms. The summed E-state index contributed by atoms with van der Waals surface area (Å²) in [4.78, 5) is 10.9. The zero-order valence-corrected chi connectivity index (χ0v) is 6.15. The quantitative estimate of drug-likeness (QED) is 0.582. The van der Waals surface area contributed by atoms with Crippen LogP contribution in [-0.2, 0) is 4.79 Å². The zero-order valence-electron chi connectivity index (χ0n) is 6.15. The van der Waals surface area contributed by atoms with Crippen LogP contribution >= 0.6 is 0 Å². The average Bonchev–Trinajstić information content (AvgIpc) is 2.07. The van der Waals surface area contributed by atoms with Crippen molar-refractivity contribution in [1.82, 2.24) is 0 Å². The number of rotatable bonds is 0. The maximum atomic E-state index is 10.9. The maximum Gasteiger partial charge on any atom is 0.293 e. The van der Waals surface area contributed by atoms with Crippen molar-refractivity contribution in [3.63, 3.8) is 0 Å². The van der Waals surface area contributed by atoms with Crippen molar-refractivity contribution < 1.29 is 14.6 Å². The van der Waals surface area contributed by atoms with Crippen molar-refractivity contribution in [2.45, 2.75) is 6.29 Å². The Kier molecular flexibility index (Phi) is 1.48. The Morgan fingerprint density at radius 2 is 2.17 bits per heavy atom. The van der Waals surface area contributed by atoms with E-state index in [-0.39, 0.29) is 0 Å². The Hall–Kier alpha value is -1.55. The maximum absolute atomic E-state index is 10.9. The molecule has 4 heteroatoms. The molecule has 0 aliphatic carbocycles. The lowest BCUT2D eigenvalue weighted by Gasteiger charge is -2.21. The van der Waals surface area contributed by atoms with Gasteiger partial charge in [0.25, 0.3) is 12.2 Å². The minimum atomic E-state index is -1.39. The van der Waals surface area contributed by atoms with Gasteiger partial charge in [0, 0.05) is 0 Å². The predicted molar refractivity (Wildman–Crippen MR) is 41.7 cm³/mol. The number of ether oxygens (including phenoxy) is 1. The summed E-state index contributed by atoms with van der Waals surface area (Å²) in [6.07, 6.45) is -1.39. The molecule has 2 N–H and O–H groups in total. The molecular formula is C8H7NO3.